The zero-order valence-corrected chi connectivity index (χ0v) is 16.2. The summed E-state index contributed by atoms with van der Waals surface area (Å²) in [5.74, 6) is -0.293. The van der Waals surface area contributed by atoms with E-state index in [1.807, 2.05) is 45.0 Å². The number of rotatable bonds is 6. The van der Waals surface area contributed by atoms with Crippen molar-refractivity contribution in [1.82, 2.24) is 10.3 Å². The Kier molecular flexibility index (Phi) is 6.51. The predicted molar refractivity (Wildman–Crippen MR) is 100.0 cm³/mol. The number of nitrogens with zero attached hydrogens (tertiary/aromatic N) is 1. The predicted octanol–water partition coefficient (Wildman–Crippen LogP) is 3.92. The molecular weight excluding hydrogens is 390 g/mol. The molecule has 0 aliphatic carbocycles. The third kappa shape index (κ3) is 5.14. The van der Waals surface area contributed by atoms with Gasteiger partial charge in [-0.25, -0.2) is 4.98 Å². The molecule has 5 nitrogen and oxygen atoms in total. The lowest BCUT2D eigenvalue weighted by Gasteiger charge is -2.15. The minimum absolute atomic E-state index is 0.0806. The normalized spacial score (nSPS) is 12.0. The van der Waals surface area contributed by atoms with Crippen molar-refractivity contribution in [2.75, 3.05) is 5.32 Å². The minimum atomic E-state index is -0.106. The molecule has 2 aromatic rings. The van der Waals surface area contributed by atoms with Crippen LogP contribution in [0.3, 0.4) is 0 Å². The van der Waals surface area contributed by atoms with Gasteiger partial charge in [0.1, 0.15) is 0 Å². The first-order valence-electron chi connectivity index (χ1n) is 7.66. The number of nitrogens with one attached hydrogen (secondary N) is 2. The number of benzene rings is 1. The zero-order valence-electron chi connectivity index (χ0n) is 13.8. The fourth-order valence-corrected chi connectivity index (χ4v) is 3.40. The van der Waals surface area contributed by atoms with E-state index in [2.05, 4.69) is 31.5 Å². The summed E-state index contributed by atoms with van der Waals surface area (Å²) in [5, 5.41) is 8.02. The first-order chi connectivity index (χ1) is 11.4. The molecule has 0 radical (unpaired) electrons. The lowest BCUT2D eigenvalue weighted by molar-refractivity contribution is -0.121. The average Bonchev–Trinajstić information content (AvgIpc) is 2.94. The lowest BCUT2D eigenvalue weighted by Crippen LogP contribution is -2.28. The molecule has 0 aliphatic rings. The highest BCUT2D eigenvalue weighted by Gasteiger charge is 2.15. The number of hydrogen-bond donors (Lipinski definition) is 2. The molecule has 2 amide bonds. The summed E-state index contributed by atoms with van der Waals surface area (Å²) in [6.45, 7) is 5.58. The van der Waals surface area contributed by atoms with E-state index in [4.69, 9.17) is 0 Å². The first kappa shape index (κ1) is 18.6. The molecule has 1 aromatic heterocycles. The molecule has 2 rings (SSSR count). The maximum Gasteiger partial charge on any atom is 0.228 e. The first-order valence-corrected chi connectivity index (χ1v) is 9.33. The van der Waals surface area contributed by atoms with Crippen LogP contribution in [0.5, 0.6) is 0 Å². The van der Waals surface area contributed by atoms with Crippen LogP contribution in [-0.4, -0.2) is 16.8 Å². The molecule has 0 saturated heterocycles. The van der Waals surface area contributed by atoms with Crippen LogP contribution in [-0.2, 0) is 16.0 Å². The summed E-state index contributed by atoms with van der Waals surface area (Å²) in [6.07, 6.45) is 0.183. The van der Waals surface area contributed by atoms with Gasteiger partial charge in [0, 0.05) is 15.8 Å². The van der Waals surface area contributed by atoms with Crippen LogP contribution < -0.4 is 10.6 Å². The van der Waals surface area contributed by atoms with Crippen molar-refractivity contribution in [3.05, 3.63) is 45.4 Å². The fourth-order valence-electron chi connectivity index (χ4n) is 2.06. The number of carbonyl (C=O) groups is 2. The van der Waals surface area contributed by atoms with Crippen LogP contribution in [0.2, 0.25) is 0 Å². The third-order valence-corrected chi connectivity index (χ3v) is 4.93. The number of halogens is 1. The van der Waals surface area contributed by atoms with Crippen molar-refractivity contribution in [3.8, 4) is 0 Å². The largest absolute Gasteiger partial charge is 0.349 e. The minimum Gasteiger partial charge on any atom is -0.349 e. The Morgan fingerprint density at radius 2 is 1.96 bits per heavy atom. The van der Waals surface area contributed by atoms with Crippen molar-refractivity contribution in [2.24, 2.45) is 5.92 Å². The second kappa shape index (κ2) is 8.39. The highest BCUT2D eigenvalue weighted by molar-refractivity contribution is 9.10. The maximum atomic E-state index is 12.2. The Morgan fingerprint density at radius 1 is 1.25 bits per heavy atom. The molecule has 1 atom stereocenters. The van der Waals surface area contributed by atoms with Gasteiger partial charge in [-0.15, -0.1) is 11.3 Å². The van der Waals surface area contributed by atoms with Crippen LogP contribution in [0.25, 0.3) is 0 Å². The number of amides is 2. The van der Waals surface area contributed by atoms with Gasteiger partial charge < -0.3 is 10.6 Å². The molecule has 0 unspecified atom stereocenters. The molecule has 1 heterocycles. The molecule has 0 aliphatic heterocycles. The van der Waals surface area contributed by atoms with Gasteiger partial charge >= 0.3 is 0 Å². The van der Waals surface area contributed by atoms with Crippen molar-refractivity contribution >= 4 is 44.2 Å². The summed E-state index contributed by atoms with van der Waals surface area (Å²) in [7, 11) is 0. The van der Waals surface area contributed by atoms with E-state index in [1.54, 1.807) is 5.38 Å². The molecule has 0 saturated carbocycles. The molecule has 1 aromatic carbocycles. The molecule has 24 heavy (non-hydrogen) atoms. The van der Waals surface area contributed by atoms with E-state index >= 15 is 0 Å². The van der Waals surface area contributed by atoms with Gasteiger partial charge in [-0.05, 0) is 18.6 Å². The molecule has 2 N–H and O–H groups in total. The van der Waals surface area contributed by atoms with Gasteiger partial charge in [0.2, 0.25) is 11.8 Å². The van der Waals surface area contributed by atoms with Gasteiger partial charge in [-0.2, -0.15) is 0 Å². The molecule has 0 bridgehead atoms. The van der Waals surface area contributed by atoms with E-state index in [1.165, 1.54) is 11.3 Å². The van der Waals surface area contributed by atoms with Crippen LogP contribution in [0.15, 0.2) is 34.1 Å². The summed E-state index contributed by atoms with van der Waals surface area (Å²) >= 11 is 4.81. The maximum absolute atomic E-state index is 12.2. The van der Waals surface area contributed by atoms with Gasteiger partial charge in [0.25, 0.3) is 0 Å². The highest BCUT2D eigenvalue weighted by Crippen LogP contribution is 2.23. The number of aromatic nitrogens is 1. The highest BCUT2D eigenvalue weighted by atomic mass is 79.9. The van der Waals surface area contributed by atoms with Crippen molar-refractivity contribution in [1.29, 1.82) is 0 Å². The number of thiazole rings is 1. The summed E-state index contributed by atoms with van der Waals surface area (Å²) in [5.41, 5.74) is 1.67. The number of anilines is 1. The summed E-state index contributed by atoms with van der Waals surface area (Å²) < 4.78 is 0.963. The second-order valence-corrected chi connectivity index (χ2v) is 7.49. The van der Waals surface area contributed by atoms with Crippen molar-refractivity contribution in [3.63, 3.8) is 0 Å². The number of hydrogen-bond acceptors (Lipinski definition) is 4. The van der Waals surface area contributed by atoms with E-state index < -0.39 is 0 Å². The molecule has 0 fully saturated rings. The van der Waals surface area contributed by atoms with Crippen LogP contribution >= 0.6 is 27.3 Å². The van der Waals surface area contributed by atoms with E-state index in [0.717, 1.165) is 10.0 Å². The van der Waals surface area contributed by atoms with Gasteiger partial charge in [0.15, 0.2) is 5.13 Å². The van der Waals surface area contributed by atoms with Crippen molar-refractivity contribution < 1.29 is 9.59 Å². The fraction of sp³-hybridized carbons (Fsp3) is 0.353. The van der Waals surface area contributed by atoms with Gasteiger partial charge in [-0.1, -0.05) is 48.0 Å². The van der Waals surface area contributed by atoms with Crippen LogP contribution in [0.4, 0.5) is 5.13 Å². The smallest absolute Gasteiger partial charge is 0.228 e. The second-order valence-electron chi connectivity index (χ2n) is 5.78. The van der Waals surface area contributed by atoms with E-state index in [-0.39, 0.29) is 30.2 Å². The van der Waals surface area contributed by atoms with E-state index in [9.17, 15) is 9.59 Å². The van der Waals surface area contributed by atoms with Gasteiger partial charge in [-0.3, -0.25) is 9.59 Å². The summed E-state index contributed by atoms with van der Waals surface area (Å²) in [4.78, 5) is 28.1. The topological polar surface area (TPSA) is 71.1 Å². The van der Waals surface area contributed by atoms with Gasteiger partial charge in [0.05, 0.1) is 18.2 Å². The quantitative estimate of drug-likeness (QED) is 0.759. The monoisotopic (exact) mass is 409 g/mol. The van der Waals surface area contributed by atoms with E-state index in [0.29, 0.717) is 10.8 Å². The molecule has 128 valence electrons. The third-order valence-electron chi connectivity index (χ3n) is 3.40. The SMILES string of the molecule is CC(C)C(=O)Nc1nc(CC(=O)N[C@@H](C)c2ccccc2Br)cs1. The van der Waals surface area contributed by atoms with Crippen LogP contribution in [0, 0.1) is 5.92 Å². The average molecular weight is 410 g/mol. The summed E-state index contributed by atoms with van der Waals surface area (Å²) in [6, 6.07) is 7.68. The number of carbonyl (C=O) groups excluding carboxylic acids is 2. The lowest BCUT2D eigenvalue weighted by atomic mass is 10.1. The Balaban J connectivity index is 1.92. The molecule has 0 spiro atoms. The van der Waals surface area contributed by atoms with Crippen molar-refractivity contribution in [2.45, 2.75) is 33.2 Å². The molecule has 7 heteroatoms. The standard InChI is InChI=1S/C17H20BrN3O2S/c1-10(2)16(23)21-17-20-12(9-24-17)8-15(22)19-11(3)13-6-4-5-7-14(13)18/h4-7,9-11H,8H2,1-3H3,(H,19,22)(H,20,21,23)/t11-/m0/s1. The zero-order chi connectivity index (χ0) is 17.7. The Hall–Kier alpha value is -1.73. The van der Waals surface area contributed by atoms with Crippen LogP contribution in [0.1, 0.15) is 38.1 Å². The molecular formula is C17H20BrN3O2S. The Labute approximate surface area is 154 Å². The Bertz CT molecular complexity index is 730. The Morgan fingerprint density at radius 3 is 2.62 bits per heavy atom.